The van der Waals surface area contributed by atoms with E-state index in [1.807, 2.05) is 4.90 Å². The van der Waals surface area contributed by atoms with Gasteiger partial charge in [0.05, 0.1) is 6.54 Å². The van der Waals surface area contributed by atoms with Crippen molar-refractivity contribution >= 4 is 11.9 Å². The van der Waals surface area contributed by atoms with Gasteiger partial charge in [-0.25, -0.2) is 0 Å². The van der Waals surface area contributed by atoms with Gasteiger partial charge in [-0.2, -0.15) is 0 Å². The van der Waals surface area contributed by atoms with Crippen LogP contribution in [0.5, 0.6) is 0 Å². The minimum absolute atomic E-state index is 0.165. The van der Waals surface area contributed by atoms with Gasteiger partial charge in [-0.05, 0) is 21.0 Å². The molecule has 2 aliphatic rings. The molecule has 0 aromatic rings. The van der Waals surface area contributed by atoms with Gasteiger partial charge in [-0.1, -0.05) is 0 Å². The van der Waals surface area contributed by atoms with Crippen molar-refractivity contribution in [3.8, 4) is 0 Å². The third kappa shape index (κ3) is 5.07. The lowest BCUT2D eigenvalue weighted by Crippen LogP contribution is -2.54. The molecule has 0 bridgehead atoms. The smallest absolute Gasteiger partial charge is 0.219 e. The Morgan fingerprint density at radius 2 is 1.74 bits per heavy atom. The second-order valence-electron chi connectivity index (χ2n) is 6.58. The fourth-order valence-electron chi connectivity index (χ4n) is 3.15. The summed E-state index contributed by atoms with van der Waals surface area (Å²) in [5.41, 5.74) is 0. The molecule has 0 spiro atoms. The average Bonchev–Trinajstić information content (AvgIpc) is 2.54. The van der Waals surface area contributed by atoms with Crippen LogP contribution < -0.4 is 5.32 Å². The van der Waals surface area contributed by atoms with Crippen molar-refractivity contribution in [1.29, 1.82) is 0 Å². The SMILES string of the molecule is CCNC(=NCC1CN(C)CCN1C)N1CCN(C(C)=O)CC1. The number of amides is 1. The molecule has 1 unspecified atom stereocenters. The molecule has 2 rings (SSSR count). The zero-order valence-corrected chi connectivity index (χ0v) is 15.1. The Balaban J connectivity index is 1.93. The van der Waals surface area contributed by atoms with Gasteiger partial charge >= 0.3 is 0 Å². The highest BCUT2D eigenvalue weighted by Crippen LogP contribution is 2.07. The summed E-state index contributed by atoms with van der Waals surface area (Å²) in [6, 6.07) is 0.473. The van der Waals surface area contributed by atoms with Crippen molar-refractivity contribution in [2.45, 2.75) is 19.9 Å². The zero-order chi connectivity index (χ0) is 16.8. The summed E-state index contributed by atoms with van der Waals surface area (Å²) in [6.45, 7) is 12.0. The third-order valence-corrected chi connectivity index (χ3v) is 4.79. The highest BCUT2D eigenvalue weighted by Gasteiger charge is 2.24. The number of hydrogen-bond donors (Lipinski definition) is 1. The maximum absolute atomic E-state index is 11.5. The Morgan fingerprint density at radius 3 is 2.35 bits per heavy atom. The lowest BCUT2D eigenvalue weighted by atomic mass is 10.2. The third-order valence-electron chi connectivity index (χ3n) is 4.79. The van der Waals surface area contributed by atoms with Crippen molar-refractivity contribution in [1.82, 2.24) is 24.9 Å². The summed E-state index contributed by atoms with van der Waals surface area (Å²) < 4.78 is 0. The van der Waals surface area contributed by atoms with Crippen LogP contribution >= 0.6 is 0 Å². The van der Waals surface area contributed by atoms with E-state index in [1.165, 1.54) is 0 Å². The first-order valence-electron chi connectivity index (χ1n) is 8.68. The van der Waals surface area contributed by atoms with Crippen LogP contribution in [-0.4, -0.2) is 111 Å². The fraction of sp³-hybridized carbons (Fsp3) is 0.875. The Bertz CT molecular complexity index is 419. The zero-order valence-electron chi connectivity index (χ0n) is 15.1. The molecule has 23 heavy (non-hydrogen) atoms. The summed E-state index contributed by atoms with van der Waals surface area (Å²) in [5.74, 6) is 1.15. The molecule has 7 nitrogen and oxygen atoms in total. The highest BCUT2D eigenvalue weighted by atomic mass is 16.2. The monoisotopic (exact) mass is 324 g/mol. The number of carbonyl (C=O) groups is 1. The number of nitrogens with one attached hydrogen (secondary N) is 1. The number of aliphatic imine (C=N–C) groups is 1. The van der Waals surface area contributed by atoms with E-state index in [0.717, 1.165) is 64.9 Å². The van der Waals surface area contributed by atoms with E-state index < -0.39 is 0 Å². The predicted octanol–water partition coefficient (Wildman–Crippen LogP) is -0.638. The quantitative estimate of drug-likeness (QED) is 0.553. The molecule has 0 aromatic carbocycles. The molecule has 0 saturated carbocycles. The molecule has 2 fully saturated rings. The van der Waals surface area contributed by atoms with Gasteiger partial charge in [0.2, 0.25) is 5.91 Å². The van der Waals surface area contributed by atoms with E-state index in [0.29, 0.717) is 6.04 Å². The van der Waals surface area contributed by atoms with Crippen molar-refractivity contribution in [2.75, 3.05) is 73.0 Å². The minimum Gasteiger partial charge on any atom is -0.357 e. The molecule has 0 aliphatic carbocycles. The second kappa shape index (κ2) is 8.49. The molecule has 1 atom stereocenters. The number of guanidine groups is 1. The van der Waals surface area contributed by atoms with Crippen LogP contribution in [0.25, 0.3) is 0 Å². The summed E-state index contributed by atoms with van der Waals surface area (Å²) >= 11 is 0. The molecule has 7 heteroatoms. The molecule has 2 heterocycles. The lowest BCUT2D eigenvalue weighted by Gasteiger charge is -2.38. The van der Waals surface area contributed by atoms with Crippen LogP contribution in [-0.2, 0) is 4.79 Å². The summed E-state index contributed by atoms with van der Waals surface area (Å²) in [7, 11) is 4.36. The number of carbonyl (C=O) groups excluding carboxylic acids is 1. The standard InChI is InChI=1S/C16H32N6O/c1-5-17-16(22-10-8-21(9-11-22)14(2)23)18-12-15-13-19(3)6-7-20(15)4/h15H,5-13H2,1-4H3,(H,17,18). The van der Waals surface area contributed by atoms with Gasteiger partial charge in [-0.3, -0.25) is 14.7 Å². The van der Waals surface area contributed by atoms with E-state index in [2.05, 4.69) is 41.0 Å². The number of piperazine rings is 2. The molecule has 2 aliphatic heterocycles. The van der Waals surface area contributed by atoms with Crippen LogP contribution in [0.4, 0.5) is 0 Å². The van der Waals surface area contributed by atoms with E-state index >= 15 is 0 Å². The van der Waals surface area contributed by atoms with Crippen LogP contribution in [0.2, 0.25) is 0 Å². The molecule has 2 saturated heterocycles. The van der Waals surface area contributed by atoms with Crippen LogP contribution in [0.15, 0.2) is 4.99 Å². The van der Waals surface area contributed by atoms with Gasteiger partial charge in [0.25, 0.3) is 0 Å². The van der Waals surface area contributed by atoms with Gasteiger partial charge in [0, 0.05) is 65.3 Å². The van der Waals surface area contributed by atoms with Crippen molar-refractivity contribution in [2.24, 2.45) is 4.99 Å². The lowest BCUT2D eigenvalue weighted by molar-refractivity contribution is -0.130. The fourth-order valence-corrected chi connectivity index (χ4v) is 3.15. The molecule has 1 N–H and O–H groups in total. The Hall–Kier alpha value is -1.34. The number of hydrogen-bond acceptors (Lipinski definition) is 4. The van der Waals surface area contributed by atoms with E-state index in [-0.39, 0.29) is 5.91 Å². The second-order valence-corrected chi connectivity index (χ2v) is 6.58. The van der Waals surface area contributed by atoms with Crippen molar-refractivity contribution in [3.05, 3.63) is 0 Å². The minimum atomic E-state index is 0.165. The van der Waals surface area contributed by atoms with Gasteiger partial charge < -0.3 is 20.0 Å². The molecular weight excluding hydrogens is 292 g/mol. The van der Waals surface area contributed by atoms with E-state index in [4.69, 9.17) is 4.99 Å². The van der Waals surface area contributed by atoms with E-state index in [9.17, 15) is 4.79 Å². The Kier molecular flexibility index (Phi) is 6.65. The van der Waals surface area contributed by atoms with Gasteiger partial charge in [-0.15, -0.1) is 0 Å². The first kappa shape index (κ1) is 18.0. The normalized spacial score (nSPS) is 24.9. The predicted molar refractivity (Wildman–Crippen MR) is 93.7 cm³/mol. The molecule has 132 valence electrons. The van der Waals surface area contributed by atoms with Crippen LogP contribution in [0.3, 0.4) is 0 Å². The molecule has 1 amide bonds. The average molecular weight is 324 g/mol. The summed E-state index contributed by atoms with van der Waals surface area (Å²) in [5, 5.41) is 3.40. The van der Waals surface area contributed by atoms with Crippen LogP contribution in [0.1, 0.15) is 13.8 Å². The maximum atomic E-state index is 11.5. The van der Waals surface area contributed by atoms with Gasteiger partial charge in [0.1, 0.15) is 0 Å². The number of rotatable bonds is 3. The summed E-state index contributed by atoms with van der Waals surface area (Å²) in [6.07, 6.45) is 0. The first-order chi connectivity index (χ1) is 11.0. The van der Waals surface area contributed by atoms with Crippen molar-refractivity contribution < 1.29 is 4.79 Å². The summed E-state index contributed by atoms with van der Waals surface area (Å²) in [4.78, 5) is 25.3. The number of nitrogens with zero attached hydrogens (tertiary/aromatic N) is 5. The molecular formula is C16H32N6O. The Morgan fingerprint density at radius 1 is 1.09 bits per heavy atom. The largest absolute Gasteiger partial charge is 0.357 e. The highest BCUT2D eigenvalue weighted by molar-refractivity contribution is 5.80. The van der Waals surface area contributed by atoms with Gasteiger partial charge in [0.15, 0.2) is 5.96 Å². The maximum Gasteiger partial charge on any atom is 0.219 e. The first-order valence-corrected chi connectivity index (χ1v) is 8.68. The molecule has 0 radical (unpaired) electrons. The van der Waals surface area contributed by atoms with Crippen LogP contribution in [0, 0.1) is 0 Å². The van der Waals surface area contributed by atoms with E-state index in [1.54, 1.807) is 6.92 Å². The number of likely N-dealkylation sites (N-methyl/N-ethyl adjacent to an activating group) is 2. The molecule has 0 aromatic heterocycles. The topological polar surface area (TPSA) is 54.4 Å². The van der Waals surface area contributed by atoms with Crippen molar-refractivity contribution in [3.63, 3.8) is 0 Å². The Labute approximate surface area is 140 Å².